The van der Waals surface area contributed by atoms with Crippen molar-refractivity contribution < 1.29 is 5.11 Å². The highest BCUT2D eigenvalue weighted by Gasteiger charge is 2.05. The first-order valence-electron chi connectivity index (χ1n) is 7.86. The van der Waals surface area contributed by atoms with Crippen LogP contribution in [0.3, 0.4) is 0 Å². The Kier molecular flexibility index (Phi) is 5.79. The number of rotatable bonds is 7. The van der Waals surface area contributed by atoms with Gasteiger partial charge < -0.3 is 10.4 Å². The molecule has 2 rings (SSSR count). The van der Waals surface area contributed by atoms with Crippen LogP contribution in [0.4, 0.5) is 0 Å². The van der Waals surface area contributed by atoms with Crippen molar-refractivity contribution in [2.75, 3.05) is 13.2 Å². The second-order valence-electron chi connectivity index (χ2n) is 5.84. The maximum Gasteiger partial charge on any atom is 0.0447 e. The zero-order valence-electron chi connectivity index (χ0n) is 13.5. The van der Waals surface area contributed by atoms with Crippen molar-refractivity contribution >= 4 is 5.70 Å². The summed E-state index contributed by atoms with van der Waals surface area (Å²) in [7, 11) is 0. The maximum absolute atomic E-state index is 8.84. The zero-order chi connectivity index (χ0) is 15.9. The molecule has 0 atom stereocenters. The van der Waals surface area contributed by atoms with E-state index in [0.717, 1.165) is 24.2 Å². The van der Waals surface area contributed by atoms with Gasteiger partial charge in [0.2, 0.25) is 0 Å². The SMILES string of the molecule is C=C(NCCCO)c1cccc(-c2cccc(C(C)C)c2)c1. The summed E-state index contributed by atoms with van der Waals surface area (Å²) in [6.45, 7) is 9.44. The van der Waals surface area contributed by atoms with Gasteiger partial charge in [-0.05, 0) is 40.7 Å². The molecule has 2 N–H and O–H groups in total. The number of nitrogens with one attached hydrogen (secondary N) is 1. The molecule has 0 aromatic heterocycles. The van der Waals surface area contributed by atoms with E-state index in [4.69, 9.17) is 5.11 Å². The van der Waals surface area contributed by atoms with Crippen molar-refractivity contribution in [1.82, 2.24) is 5.32 Å². The van der Waals surface area contributed by atoms with Crippen molar-refractivity contribution in [2.45, 2.75) is 26.2 Å². The summed E-state index contributed by atoms with van der Waals surface area (Å²) >= 11 is 0. The lowest BCUT2D eigenvalue weighted by Gasteiger charge is -2.12. The number of aliphatic hydroxyl groups is 1. The molecule has 0 fully saturated rings. The van der Waals surface area contributed by atoms with Gasteiger partial charge in [0.05, 0.1) is 0 Å². The van der Waals surface area contributed by atoms with Crippen molar-refractivity contribution in [2.24, 2.45) is 0 Å². The second kappa shape index (κ2) is 7.81. The predicted octanol–water partition coefficient (Wildman–Crippen LogP) is 4.42. The van der Waals surface area contributed by atoms with Gasteiger partial charge in [0, 0.05) is 18.8 Å². The third-order valence-electron chi connectivity index (χ3n) is 3.77. The minimum absolute atomic E-state index is 0.197. The molecule has 0 heterocycles. The van der Waals surface area contributed by atoms with E-state index in [9.17, 15) is 0 Å². The molecule has 2 heteroatoms. The van der Waals surface area contributed by atoms with Crippen LogP contribution in [0, 0.1) is 0 Å². The van der Waals surface area contributed by atoms with Gasteiger partial charge in [-0.1, -0.05) is 62.9 Å². The Morgan fingerprint density at radius 3 is 2.45 bits per heavy atom. The van der Waals surface area contributed by atoms with E-state index in [-0.39, 0.29) is 6.61 Å². The second-order valence-corrected chi connectivity index (χ2v) is 5.84. The van der Waals surface area contributed by atoms with Crippen molar-refractivity contribution in [3.63, 3.8) is 0 Å². The normalized spacial score (nSPS) is 10.7. The lowest BCUT2D eigenvalue weighted by atomic mass is 9.96. The molecule has 22 heavy (non-hydrogen) atoms. The lowest BCUT2D eigenvalue weighted by molar-refractivity contribution is 0.289. The highest BCUT2D eigenvalue weighted by Crippen LogP contribution is 2.25. The molecule has 0 amide bonds. The number of hydrogen-bond donors (Lipinski definition) is 2. The van der Waals surface area contributed by atoms with E-state index in [2.05, 4.69) is 74.3 Å². The van der Waals surface area contributed by atoms with E-state index in [1.165, 1.54) is 16.7 Å². The molecule has 2 nitrogen and oxygen atoms in total. The Morgan fingerprint density at radius 1 is 1.09 bits per heavy atom. The van der Waals surface area contributed by atoms with Gasteiger partial charge in [0.25, 0.3) is 0 Å². The number of benzene rings is 2. The topological polar surface area (TPSA) is 32.3 Å². The molecule has 0 saturated carbocycles. The minimum atomic E-state index is 0.197. The Bertz CT molecular complexity index is 631. The van der Waals surface area contributed by atoms with Gasteiger partial charge in [-0.2, -0.15) is 0 Å². The highest BCUT2D eigenvalue weighted by molar-refractivity contribution is 5.71. The summed E-state index contributed by atoms with van der Waals surface area (Å²) in [5, 5.41) is 12.1. The first-order valence-corrected chi connectivity index (χ1v) is 7.86. The summed E-state index contributed by atoms with van der Waals surface area (Å²) in [4.78, 5) is 0. The van der Waals surface area contributed by atoms with E-state index >= 15 is 0 Å². The minimum Gasteiger partial charge on any atom is -0.396 e. The molecule has 0 bridgehead atoms. The molecule has 116 valence electrons. The van der Waals surface area contributed by atoms with Gasteiger partial charge in [-0.15, -0.1) is 0 Å². The van der Waals surface area contributed by atoms with Crippen LogP contribution in [-0.4, -0.2) is 18.3 Å². The van der Waals surface area contributed by atoms with Crippen LogP contribution in [0.5, 0.6) is 0 Å². The number of aliphatic hydroxyl groups excluding tert-OH is 1. The van der Waals surface area contributed by atoms with Gasteiger partial charge in [0.15, 0.2) is 0 Å². The Morgan fingerprint density at radius 2 is 1.77 bits per heavy atom. The summed E-state index contributed by atoms with van der Waals surface area (Å²) in [6, 6.07) is 17.1. The Hall–Kier alpha value is -2.06. The Labute approximate surface area is 133 Å². The largest absolute Gasteiger partial charge is 0.396 e. The van der Waals surface area contributed by atoms with Crippen LogP contribution in [0.2, 0.25) is 0 Å². The predicted molar refractivity (Wildman–Crippen MR) is 94.7 cm³/mol. The van der Waals surface area contributed by atoms with E-state index in [1.807, 2.05) is 0 Å². The van der Waals surface area contributed by atoms with E-state index in [1.54, 1.807) is 0 Å². The first kappa shape index (κ1) is 16.3. The smallest absolute Gasteiger partial charge is 0.0447 e. The molecular weight excluding hydrogens is 270 g/mol. The summed E-state index contributed by atoms with van der Waals surface area (Å²) < 4.78 is 0. The maximum atomic E-state index is 8.84. The van der Waals surface area contributed by atoms with Gasteiger partial charge >= 0.3 is 0 Å². The fourth-order valence-corrected chi connectivity index (χ4v) is 2.38. The molecule has 0 radical (unpaired) electrons. The quantitative estimate of drug-likeness (QED) is 0.741. The fourth-order valence-electron chi connectivity index (χ4n) is 2.38. The third-order valence-corrected chi connectivity index (χ3v) is 3.77. The van der Waals surface area contributed by atoms with Crippen LogP contribution in [-0.2, 0) is 0 Å². The van der Waals surface area contributed by atoms with Gasteiger partial charge in [-0.3, -0.25) is 0 Å². The summed E-state index contributed by atoms with van der Waals surface area (Å²) in [5.74, 6) is 0.526. The van der Waals surface area contributed by atoms with Gasteiger partial charge in [0.1, 0.15) is 0 Å². The summed E-state index contributed by atoms with van der Waals surface area (Å²) in [5.41, 5.74) is 5.77. The fraction of sp³-hybridized carbons (Fsp3) is 0.300. The molecule has 0 saturated heterocycles. The lowest BCUT2D eigenvalue weighted by Crippen LogP contribution is -2.13. The summed E-state index contributed by atoms with van der Waals surface area (Å²) in [6.07, 6.45) is 0.731. The average Bonchev–Trinajstić information content (AvgIpc) is 2.55. The molecule has 0 aliphatic heterocycles. The molecule has 0 aliphatic carbocycles. The standard InChI is InChI=1S/C20H25NO/c1-15(2)17-7-4-9-19(13-17)20-10-5-8-18(14-20)16(3)21-11-6-12-22/h4-5,7-10,13-15,21-22H,3,6,11-12H2,1-2H3. The van der Waals surface area contributed by atoms with Gasteiger partial charge in [-0.25, -0.2) is 0 Å². The van der Waals surface area contributed by atoms with E-state index < -0.39 is 0 Å². The highest BCUT2D eigenvalue weighted by atomic mass is 16.3. The van der Waals surface area contributed by atoms with Crippen LogP contribution in [0.25, 0.3) is 16.8 Å². The molecule has 0 aliphatic rings. The average molecular weight is 295 g/mol. The molecular formula is C20H25NO. The molecule has 2 aromatic carbocycles. The third kappa shape index (κ3) is 4.22. The molecule has 0 unspecified atom stereocenters. The van der Waals surface area contributed by atoms with Crippen molar-refractivity contribution in [3.8, 4) is 11.1 Å². The first-order chi connectivity index (χ1) is 10.6. The van der Waals surface area contributed by atoms with Crippen LogP contribution in [0.15, 0.2) is 55.1 Å². The van der Waals surface area contributed by atoms with Crippen LogP contribution in [0.1, 0.15) is 37.3 Å². The molecule has 2 aromatic rings. The Balaban J connectivity index is 2.21. The van der Waals surface area contributed by atoms with Crippen LogP contribution >= 0.6 is 0 Å². The van der Waals surface area contributed by atoms with Crippen molar-refractivity contribution in [1.29, 1.82) is 0 Å². The van der Waals surface area contributed by atoms with Crippen LogP contribution < -0.4 is 5.32 Å². The van der Waals surface area contributed by atoms with E-state index in [0.29, 0.717) is 5.92 Å². The number of hydrogen-bond acceptors (Lipinski definition) is 2. The zero-order valence-corrected chi connectivity index (χ0v) is 13.5. The van der Waals surface area contributed by atoms with Crippen molar-refractivity contribution in [3.05, 3.63) is 66.2 Å². The monoisotopic (exact) mass is 295 g/mol. The molecule has 0 spiro atoms.